The number of halogens is 3. The van der Waals surface area contributed by atoms with Crippen LogP contribution < -0.4 is 10.3 Å². The SMILES string of the molecule is Cn1c(C(F)F)nc2ccc(-n3ccc(OCc4ccc(F)cc4)cc3=O)cc21. The number of rotatable bonds is 5. The monoisotopic (exact) mass is 399 g/mol. The van der Waals surface area contributed by atoms with Gasteiger partial charge in [-0.1, -0.05) is 12.1 Å². The molecule has 0 saturated carbocycles. The van der Waals surface area contributed by atoms with Crippen molar-refractivity contribution in [3.63, 3.8) is 0 Å². The number of pyridine rings is 1. The third-order valence-electron chi connectivity index (χ3n) is 4.58. The molecule has 0 unspecified atom stereocenters. The van der Waals surface area contributed by atoms with Crippen LogP contribution in [0.25, 0.3) is 16.7 Å². The van der Waals surface area contributed by atoms with Crippen molar-refractivity contribution in [2.24, 2.45) is 7.05 Å². The zero-order valence-electron chi connectivity index (χ0n) is 15.3. The van der Waals surface area contributed by atoms with Gasteiger partial charge in [-0.3, -0.25) is 9.36 Å². The van der Waals surface area contributed by atoms with Gasteiger partial charge in [0.1, 0.15) is 18.2 Å². The largest absolute Gasteiger partial charge is 0.489 e. The maximum absolute atomic E-state index is 13.0. The van der Waals surface area contributed by atoms with Gasteiger partial charge in [-0.05, 0) is 42.0 Å². The van der Waals surface area contributed by atoms with E-state index in [0.29, 0.717) is 22.5 Å². The van der Waals surface area contributed by atoms with Crippen LogP contribution in [0.1, 0.15) is 17.8 Å². The standard InChI is InChI=1S/C21H16F3N3O2/c1-26-18-10-15(6-7-17(18)25-21(26)20(23)24)27-9-8-16(11-19(27)28)29-12-13-2-4-14(22)5-3-13/h2-11,20H,12H2,1H3. The van der Waals surface area contributed by atoms with Gasteiger partial charge < -0.3 is 9.30 Å². The summed E-state index contributed by atoms with van der Waals surface area (Å²) >= 11 is 0. The number of ether oxygens (including phenoxy) is 1. The molecule has 2 heterocycles. The van der Waals surface area contributed by atoms with Crippen molar-refractivity contribution < 1.29 is 17.9 Å². The quantitative estimate of drug-likeness (QED) is 0.500. The highest BCUT2D eigenvalue weighted by molar-refractivity contribution is 5.78. The van der Waals surface area contributed by atoms with Gasteiger partial charge in [0, 0.05) is 19.3 Å². The fourth-order valence-electron chi connectivity index (χ4n) is 3.05. The van der Waals surface area contributed by atoms with E-state index in [0.717, 1.165) is 5.56 Å². The molecule has 2 aromatic heterocycles. The Morgan fingerprint density at radius 2 is 1.83 bits per heavy atom. The van der Waals surface area contributed by atoms with Crippen LogP contribution in [0.5, 0.6) is 5.75 Å². The predicted molar refractivity (Wildman–Crippen MR) is 102 cm³/mol. The summed E-state index contributed by atoms with van der Waals surface area (Å²) in [4.78, 5) is 16.4. The molecule has 0 aliphatic carbocycles. The van der Waals surface area contributed by atoms with E-state index >= 15 is 0 Å². The lowest BCUT2D eigenvalue weighted by Gasteiger charge is -2.09. The van der Waals surface area contributed by atoms with Crippen molar-refractivity contribution in [2.75, 3.05) is 0 Å². The molecule has 0 radical (unpaired) electrons. The summed E-state index contributed by atoms with van der Waals surface area (Å²) in [6.45, 7) is 0.196. The third-order valence-corrected chi connectivity index (χ3v) is 4.58. The molecule has 0 N–H and O–H groups in total. The van der Waals surface area contributed by atoms with Crippen LogP contribution in [0.4, 0.5) is 13.2 Å². The number of alkyl halides is 2. The Bertz CT molecular complexity index is 1230. The summed E-state index contributed by atoms with van der Waals surface area (Å²) in [6.07, 6.45) is -1.13. The van der Waals surface area contributed by atoms with E-state index in [1.807, 2.05) is 0 Å². The Morgan fingerprint density at radius 3 is 2.52 bits per heavy atom. The first-order valence-corrected chi connectivity index (χ1v) is 8.77. The Balaban J connectivity index is 1.59. The number of imidazole rings is 1. The first-order valence-electron chi connectivity index (χ1n) is 8.77. The minimum absolute atomic E-state index is 0.196. The molecule has 0 aliphatic rings. The van der Waals surface area contributed by atoms with Crippen molar-refractivity contribution in [1.29, 1.82) is 0 Å². The van der Waals surface area contributed by atoms with Crippen LogP contribution in [0.15, 0.2) is 65.6 Å². The summed E-state index contributed by atoms with van der Waals surface area (Å²) in [7, 11) is 1.51. The lowest BCUT2D eigenvalue weighted by molar-refractivity contribution is 0.137. The van der Waals surface area contributed by atoms with E-state index < -0.39 is 6.43 Å². The first kappa shape index (κ1) is 18.8. The van der Waals surface area contributed by atoms with Crippen LogP contribution in [-0.2, 0) is 13.7 Å². The maximum Gasteiger partial charge on any atom is 0.295 e. The zero-order chi connectivity index (χ0) is 20.5. The average molecular weight is 399 g/mol. The second-order valence-electron chi connectivity index (χ2n) is 6.49. The lowest BCUT2D eigenvalue weighted by Crippen LogP contribution is -2.16. The summed E-state index contributed by atoms with van der Waals surface area (Å²) < 4.78 is 47.3. The zero-order valence-corrected chi connectivity index (χ0v) is 15.3. The summed E-state index contributed by atoms with van der Waals surface area (Å²) in [5.41, 5.74) is 1.89. The number of hydrogen-bond donors (Lipinski definition) is 0. The lowest BCUT2D eigenvalue weighted by atomic mass is 10.2. The van der Waals surface area contributed by atoms with Crippen LogP contribution in [0.2, 0.25) is 0 Å². The Kier molecular flexibility index (Phi) is 4.84. The van der Waals surface area contributed by atoms with E-state index in [1.54, 1.807) is 42.6 Å². The Hall–Kier alpha value is -3.55. The summed E-state index contributed by atoms with van der Waals surface area (Å²) in [6, 6.07) is 13.7. The molecule has 0 fully saturated rings. The first-order chi connectivity index (χ1) is 13.9. The molecule has 8 heteroatoms. The van der Waals surface area contributed by atoms with Crippen LogP contribution in [0, 0.1) is 5.82 Å². The fourth-order valence-corrected chi connectivity index (χ4v) is 3.05. The molecular weight excluding hydrogens is 383 g/mol. The minimum atomic E-state index is -2.68. The molecule has 4 aromatic rings. The van der Waals surface area contributed by atoms with Crippen molar-refractivity contribution in [3.05, 3.63) is 88.4 Å². The van der Waals surface area contributed by atoms with E-state index in [1.165, 1.54) is 34.4 Å². The van der Waals surface area contributed by atoms with Gasteiger partial charge in [0.2, 0.25) is 0 Å². The molecule has 2 aromatic carbocycles. The van der Waals surface area contributed by atoms with Gasteiger partial charge in [0.05, 0.1) is 16.7 Å². The van der Waals surface area contributed by atoms with E-state index in [-0.39, 0.29) is 23.8 Å². The molecule has 4 rings (SSSR count). The molecule has 148 valence electrons. The number of hydrogen-bond acceptors (Lipinski definition) is 3. The molecule has 29 heavy (non-hydrogen) atoms. The van der Waals surface area contributed by atoms with E-state index in [4.69, 9.17) is 4.74 Å². The van der Waals surface area contributed by atoms with Gasteiger partial charge in [-0.15, -0.1) is 0 Å². The number of benzene rings is 2. The van der Waals surface area contributed by atoms with Gasteiger partial charge in [0.15, 0.2) is 5.82 Å². The van der Waals surface area contributed by atoms with Gasteiger partial charge in [0.25, 0.3) is 12.0 Å². The molecular formula is C21H16F3N3O2. The molecule has 5 nitrogen and oxygen atoms in total. The van der Waals surface area contributed by atoms with Crippen molar-refractivity contribution in [2.45, 2.75) is 13.0 Å². The van der Waals surface area contributed by atoms with Gasteiger partial charge >= 0.3 is 0 Å². The topological polar surface area (TPSA) is 49.0 Å². The predicted octanol–water partition coefficient (Wildman–Crippen LogP) is 4.38. The highest BCUT2D eigenvalue weighted by atomic mass is 19.3. The minimum Gasteiger partial charge on any atom is -0.489 e. The van der Waals surface area contributed by atoms with E-state index in [9.17, 15) is 18.0 Å². The van der Waals surface area contributed by atoms with Gasteiger partial charge in [-0.25, -0.2) is 18.2 Å². The Morgan fingerprint density at radius 1 is 1.07 bits per heavy atom. The summed E-state index contributed by atoms with van der Waals surface area (Å²) in [5, 5.41) is 0. The normalized spacial score (nSPS) is 11.3. The van der Waals surface area contributed by atoms with E-state index in [2.05, 4.69) is 4.98 Å². The number of fused-ring (bicyclic) bond motifs is 1. The Labute approximate surface area is 163 Å². The third kappa shape index (κ3) is 3.73. The van der Waals surface area contributed by atoms with Gasteiger partial charge in [-0.2, -0.15) is 0 Å². The van der Waals surface area contributed by atoms with Crippen molar-refractivity contribution in [1.82, 2.24) is 14.1 Å². The fraction of sp³-hybridized carbons (Fsp3) is 0.143. The second-order valence-corrected chi connectivity index (χ2v) is 6.49. The van der Waals surface area contributed by atoms with Crippen molar-refractivity contribution >= 4 is 11.0 Å². The highest BCUT2D eigenvalue weighted by Gasteiger charge is 2.17. The summed E-state index contributed by atoms with van der Waals surface area (Å²) in [5.74, 6) is -0.284. The van der Waals surface area contributed by atoms with Crippen LogP contribution in [0.3, 0.4) is 0 Å². The smallest absolute Gasteiger partial charge is 0.295 e. The van der Waals surface area contributed by atoms with Crippen LogP contribution in [-0.4, -0.2) is 14.1 Å². The maximum atomic E-state index is 13.0. The number of aromatic nitrogens is 3. The number of nitrogens with zero attached hydrogens (tertiary/aromatic N) is 3. The molecule has 0 amide bonds. The number of aryl methyl sites for hydroxylation is 1. The molecule has 0 spiro atoms. The van der Waals surface area contributed by atoms with Crippen molar-refractivity contribution in [3.8, 4) is 11.4 Å². The average Bonchev–Trinajstić information content (AvgIpc) is 3.04. The molecule has 0 aliphatic heterocycles. The highest BCUT2D eigenvalue weighted by Crippen LogP contribution is 2.24. The molecule has 0 atom stereocenters. The second kappa shape index (κ2) is 7.46. The molecule has 0 bridgehead atoms. The molecule has 0 saturated heterocycles. The van der Waals surface area contributed by atoms with Crippen LogP contribution >= 0.6 is 0 Å².